The molecule has 0 radical (unpaired) electrons. The molecule has 3 rings (SSSR count). The molecule has 2 heteroatoms. The Hall–Kier alpha value is -1.96. The first kappa shape index (κ1) is 12.1. The molecule has 0 atom stereocenters. The highest BCUT2D eigenvalue weighted by Gasteiger charge is 2.38. The molecule has 0 spiro atoms. The third-order valence-electron chi connectivity index (χ3n) is 4.06. The molecule has 1 fully saturated rings. The van der Waals surface area contributed by atoms with E-state index in [2.05, 4.69) is 19.1 Å². The van der Waals surface area contributed by atoms with Gasteiger partial charge in [-0.2, -0.15) is 0 Å². The molecule has 0 saturated heterocycles. The molecule has 0 aliphatic heterocycles. The smallest absolute Gasteiger partial charge is 0.153 e. The third kappa shape index (κ3) is 2.07. The Kier molecular flexibility index (Phi) is 2.74. The van der Waals surface area contributed by atoms with E-state index in [1.165, 1.54) is 24.5 Å². The number of aldehydes is 1. The van der Waals surface area contributed by atoms with Gasteiger partial charge in [-0.25, -0.2) is 4.39 Å². The molecule has 19 heavy (non-hydrogen) atoms. The van der Waals surface area contributed by atoms with E-state index in [-0.39, 0.29) is 5.56 Å². The predicted molar refractivity (Wildman–Crippen MR) is 73.8 cm³/mol. The number of benzene rings is 2. The Morgan fingerprint density at radius 2 is 1.79 bits per heavy atom. The molecule has 0 heterocycles. The van der Waals surface area contributed by atoms with E-state index in [1.807, 2.05) is 12.1 Å². The average molecular weight is 254 g/mol. The van der Waals surface area contributed by atoms with Gasteiger partial charge in [0.05, 0.1) is 5.56 Å². The van der Waals surface area contributed by atoms with E-state index in [4.69, 9.17) is 0 Å². The Morgan fingerprint density at radius 3 is 2.37 bits per heavy atom. The summed E-state index contributed by atoms with van der Waals surface area (Å²) >= 11 is 0. The van der Waals surface area contributed by atoms with E-state index in [9.17, 15) is 9.18 Å². The van der Waals surface area contributed by atoms with Crippen molar-refractivity contribution in [1.29, 1.82) is 0 Å². The summed E-state index contributed by atoms with van der Waals surface area (Å²) in [5.74, 6) is -0.467. The van der Waals surface area contributed by atoms with Crippen LogP contribution in [0.3, 0.4) is 0 Å². The molecule has 1 aliphatic carbocycles. The highest BCUT2D eigenvalue weighted by atomic mass is 19.1. The predicted octanol–water partition coefficient (Wildman–Crippen LogP) is 4.36. The molecule has 0 aromatic heterocycles. The number of hydrogen-bond donors (Lipinski definition) is 0. The number of carbonyl (C=O) groups excluding carboxylic acids is 1. The lowest BCUT2D eigenvalue weighted by atomic mass is 9.94. The minimum atomic E-state index is -0.467. The van der Waals surface area contributed by atoms with Crippen LogP contribution >= 0.6 is 0 Å². The summed E-state index contributed by atoms with van der Waals surface area (Å²) in [6, 6.07) is 12.8. The third-order valence-corrected chi connectivity index (χ3v) is 4.06. The van der Waals surface area contributed by atoms with Crippen LogP contribution in [0, 0.1) is 5.82 Å². The van der Waals surface area contributed by atoms with Gasteiger partial charge in [-0.05, 0) is 41.0 Å². The van der Waals surface area contributed by atoms with Crippen LogP contribution in [0.2, 0.25) is 0 Å². The zero-order chi connectivity index (χ0) is 13.5. The summed E-state index contributed by atoms with van der Waals surface area (Å²) in [6.07, 6.45) is 3.04. The molecule has 2 aromatic carbocycles. The molecule has 0 unspecified atom stereocenters. The van der Waals surface area contributed by atoms with E-state index < -0.39 is 5.82 Å². The van der Waals surface area contributed by atoms with Crippen molar-refractivity contribution in [2.75, 3.05) is 0 Å². The maximum Gasteiger partial charge on any atom is 0.153 e. The first-order chi connectivity index (χ1) is 9.14. The van der Waals surface area contributed by atoms with Gasteiger partial charge in [-0.1, -0.05) is 43.3 Å². The number of rotatable bonds is 3. The van der Waals surface area contributed by atoms with Crippen LogP contribution in [0.25, 0.3) is 11.1 Å². The second-order valence-corrected chi connectivity index (χ2v) is 5.46. The fraction of sp³-hybridized carbons (Fsp3) is 0.235. The SMILES string of the molecule is CC1(c2ccc(-c3cccc(F)c3C=O)cc2)CC1. The van der Waals surface area contributed by atoms with Crippen LogP contribution in [0.4, 0.5) is 4.39 Å². The van der Waals surface area contributed by atoms with Gasteiger partial charge < -0.3 is 0 Å². The molecule has 1 saturated carbocycles. The minimum absolute atomic E-state index is 0.132. The lowest BCUT2D eigenvalue weighted by Gasteiger charge is -2.11. The van der Waals surface area contributed by atoms with Crippen molar-refractivity contribution in [1.82, 2.24) is 0 Å². The molecular formula is C17H15FO. The molecular weight excluding hydrogens is 239 g/mol. The van der Waals surface area contributed by atoms with E-state index in [0.717, 1.165) is 5.56 Å². The van der Waals surface area contributed by atoms with Gasteiger partial charge in [0.2, 0.25) is 0 Å². The lowest BCUT2D eigenvalue weighted by molar-refractivity contribution is 0.112. The second kappa shape index (κ2) is 4.30. The van der Waals surface area contributed by atoms with Crippen molar-refractivity contribution < 1.29 is 9.18 Å². The summed E-state index contributed by atoms with van der Waals surface area (Å²) in [6.45, 7) is 2.25. The van der Waals surface area contributed by atoms with Crippen LogP contribution in [0.15, 0.2) is 42.5 Å². The van der Waals surface area contributed by atoms with Crippen LogP contribution < -0.4 is 0 Å². The van der Waals surface area contributed by atoms with Gasteiger partial charge in [0.25, 0.3) is 0 Å². The Morgan fingerprint density at radius 1 is 1.11 bits per heavy atom. The summed E-state index contributed by atoms with van der Waals surface area (Å²) in [5, 5.41) is 0. The maximum atomic E-state index is 13.6. The van der Waals surface area contributed by atoms with E-state index in [1.54, 1.807) is 12.1 Å². The summed E-state index contributed by atoms with van der Waals surface area (Å²) in [5.41, 5.74) is 3.32. The minimum Gasteiger partial charge on any atom is -0.298 e. The Balaban J connectivity index is 2.03. The molecule has 0 amide bonds. The van der Waals surface area contributed by atoms with Crippen molar-refractivity contribution in [3.63, 3.8) is 0 Å². The normalized spacial score (nSPS) is 16.1. The largest absolute Gasteiger partial charge is 0.298 e. The van der Waals surface area contributed by atoms with Gasteiger partial charge >= 0.3 is 0 Å². The molecule has 1 aliphatic rings. The standard InChI is InChI=1S/C17H15FO/c1-17(9-10-17)13-7-5-12(6-8-13)14-3-2-4-16(18)15(14)11-19/h2-8,11H,9-10H2,1H3. The molecule has 0 N–H and O–H groups in total. The molecule has 1 nitrogen and oxygen atoms in total. The van der Waals surface area contributed by atoms with Gasteiger partial charge in [0.1, 0.15) is 5.82 Å². The molecule has 96 valence electrons. The summed E-state index contributed by atoms with van der Waals surface area (Å²) in [4.78, 5) is 11.0. The maximum absolute atomic E-state index is 13.6. The molecule has 2 aromatic rings. The van der Waals surface area contributed by atoms with Gasteiger partial charge in [-0.15, -0.1) is 0 Å². The highest BCUT2D eigenvalue weighted by molar-refractivity contribution is 5.87. The summed E-state index contributed by atoms with van der Waals surface area (Å²) in [7, 11) is 0. The highest BCUT2D eigenvalue weighted by Crippen LogP contribution is 2.47. The topological polar surface area (TPSA) is 17.1 Å². The van der Waals surface area contributed by atoms with Crippen molar-refractivity contribution in [2.45, 2.75) is 25.2 Å². The van der Waals surface area contributed by atoms with Gasteiger partial charge in [-0.3, -0.25) is 4.79 Å². The molecule has 0 bridgehead atoms. The van der Waals surface area contributed by atoms with E-state index >= 15 is 0 Å². The quantitative estimate of drug-likeness (QED) is 0.744. The first-order valence-electron chi connectivity index (χ1n) is 6.49. The van der Waals surface area contributed by atoms with Gasteiger partial charge in [0.15, 0.2) is 6.29 Å². The first-order valence-corrected chi connectivity index (χ1v) is 6.49. The van der Waals surface area contributed by atoms with Crippen molar-refractivity contribution in [3.8, 4) is 11.1 Å². The van der Waals surface area contributed by atoms with Crippen LogP contribution in [-0.2, 0) is 5.41 Å². The van der Waals surface area contributed by atoms with Crippen molar-refractivity contribution >= 4 is 6.29 Å². The zero-order valence-electron chi connectivity index (χ0n) is 10.8. The number of halogens is 1. The van der Waals surface area contributed by atoms with Crippen molar-refractivity contribution in [3.05, 3.63) is 59.4 Å². The Bertz CT molecular complexity index is 624. The fourth-order valence-corrected chi connectivity index (χ4v) is 2.44. The average Bonchev–Trinajstić information content (AvgIpc) is 3.18. The number of carbonyl (C=O) groups is 1. The summed E-state index contributed by atoms with van der Waals surface area (Å²) < 4.78 is 13.6. The van der Waals surface area contributed by atoms with Crippen LogP contribution in [-0.4, -0.2) is 6.29 Å². The Labute approximate surface area is 112 Å². The fourth-order valence-electron chi connectivity index (χ4n) is 2.44. The number of hydrogen-bond acceptors (Lipinski definition) is 1. The lowest BCUT2D eigenvalue weighted by Crippen LogP contribution is -1.99. The second-order valence-electron chi connectivity index (χ2n) is 5.46. The van der Waals surface area contributed by atoms with Crippen LogP contribution in [0.1, 0.15) is 35.7 Å². The van der Waals surface area contributed by atoms with Crippen LogP contribution in [0.5, 0.6) is 0 Å². The van der Waals surface area contributed by atoms with Gasteiger partial charge in [0, 0.05) is 0 Å². The van der Waals surface area contributed by atoms with E-state index in [0.29, 0.717) is 17.3 Å². The van der Waals surface area contributed by atoms with Crippen molar-refractivity contribution in [2.24, 2.45) is 0 Å². The monoisotopic (exact) mass is 254 g/mol. The zero-order valence-corrected chi connectivity index (χ0v) is 10.8.